The Balaban J connectivity index is -0.00000000346. The Hall–Kier alpha value is -1.59. The molecule has 0 aromatic heterocycles. The third-order valence-corrected chi connectivity index (χ3v) is 0. The highest BCUT2D eigenvalue weighted by molar-refractivity contribution is 5.33. The normalized spacial score (nSPS) is 2.40. The van der Waals surface area contributed by atoms with Crippen LogP contribution in [0.25, 0.3) is 0 Å². The first-order valence-corrected chi connectivity index (χ1v) is 1.46. The highest BCUT2D eigenvalue weighted by Crippen LogP contribution is 0.969. The standard InChI is InChI=1S/3CH2O2.6CH4/c3*2-1-3;;;;;;/h3*1H,(H,2,3);6*1H4. The molecule has 6 heteroatoms. The maximum Gasteiger partial charge on any atom is 1.00 e. The lowest BCUT2D eigenvalue weighted by atomic mass is 11.7. The van der Waals surface area contributed by atoms with Crippen molar-refractivity contribution in [1.82, 2.24) is 0 Å². The zero-order valence-corrected chi connectivity index (χ0v) is 4.26. The topological polar surface area (TPSA) is 115 Å². The summed E-state index contributed by atoms with van der Waals surface area (Å²) in [5, 5.41) is 22.0. The summed E-state index contributed by atoms with van der Waals surface area (Å²) in [5.41, 5.74) is 0. The summed E-state index contributed by atoms with van der Waals surface area (Å²) in [4.78, 5) is 25.0. The molecule has 2 N–H and O–H groups in total. The first-order chi connectivity index (χ1) is 4.24. The fourth-order valence-corrected chi connectivity index (χ4v) is 0. The number of hydrogen-bond acceptors (Lipinski definition) is 4. The van der Waals surface area contributed by atoms with Gasteiger partial charge in [-0.15, -0.1) is 0 Å². The van der Waals surface area contributed by atoms with Crippen LogP contribution >= 0.6 is 0 Å². The Morgan fingerprint density at radius 1 is 0.733 bits per heavy atom. The fraction of sp³-hybridized carbons (Fsp3) is 0.667. The van der Waals surface area contributed by atoms with Gasteiger partial charge in [0.05, 0.1) is 0 Å². The van der Waals surface area contributed by atoms with Crippen molar-refractivity contribution < 1.29 is 31.1 Å². The molecule has 0 rings (SSSR count). The average Bonchev–Trinajstić information content (AvgIpc) is 1.70. The third-order valence-electron chi connectivity index (χ3n) is 0. The van der Waals surface area contributed by atoms with Crippen molar-refractivity contribution in [3.05, 3.63) is 0 Å². The SMILES string of the molecule is C.C.C.C.C.C.O=CO.O=CO.O=C[O-].[H+]. The maximum atomic E-state index is 8.36. The summed E-state index contributed by atoms with van der Waals surface area (Å²) in [5.74, 6) is 0. The van der Waals surface area contributed by atoms with Crippen molar-refractivity contribution in [2.24, 2.45) is 0 Å². The summed E-state index contributed by atoms with van der Waals surface area (Å²) in [7, 11) is 0. The highest BCUT2D eigenvalue weighted by Gasteiger charge is 1.22. The number of carbonyl (C=O) groups is 3. The molecule has 6 nitrogen and oxygen atoms in total. The van der Waals surface area contributed by atoms with Gasteiger partial charge in [0, 0.05) is 6.47 Å². The van der Waals surface area contributed by atoms with E-state index in [1.165, 1.54) is 0 Å². The molecular weight excluding hydrogens is 204 g/mol. The molecule has 0 atom stereocenters. The van der Waals surface area contributed by atoms with Crippen molar-refractivity contribution in [3.8, 4) is 0 Å². The van der Waals surface area contributed by atoms with E-state index in [2.05, 4.69) is 0 Å². The predicted octanol–water partition coefficient (Wildman–Crippen LogP) is 1.70. The van der Waals surface area contributed by atoms with Crippen molar-refractivity contribution in [3.63, 3.8) is 0 Å². The van der Waals surface area contributed by atoms with Crippen molar-refractivity contribution >= 4 is 19.4 Å². The summed E-state index contributed by atoms with van der Waals surface area (Å²) < 4.78 is 0. The van der Waals surface area contributed by atoms with Crippen LogP contribution in [0.4, 0.5) is 0 Å². The molecule has 0 aromatic rings. The van der Waals surface area contributed by atoms with E-state index in [1.807, 2.05) is 0 Å². The highest BCUT2D eigenvalue weighted by atomic mass is 16.4. The lowest BCUT2D eigenvalue weighted by Crippen LogP contribution is -2.01. The lowest BCUT2D eigenvalue weighted by molar-refractivity contribution is -0.283. The van der Waals surface area contributed by atoms with Crippen LogP contribution in [0, 0.1) is 0 Å². The molecule has 0 spiro atoms. The Labute approximate surface area is 96.1 Å². The number of hydrogen-bond donors (Lipinski definition) is 2. The van der Waals surface area contributed by atoms with Gasteiger partial charge in [-0.25, -0.2) is 0 Å². The summed E-state index contributed by atoms with van der Waals surface area (Å²) >= 11 is 0. The van der Waals surface area contributed by atoms with Crippen molar-refractivity contribution in [2.75, 3.05) is 0 Å². The predicted molar refractivity (Wildman–Crippen MR) is 64.9 cm³/mol. The fourth-order valence-electron chi connectivity index (χ4n) is 0. The first kappa shape index (κ1) is 106. The van der Waals surface area contributed by atoms with Crippen LogP contribution in [-0.4, -0.2) is 29.6 Å². The number of carbonyl (C=O) groups excluding carboxylic acids is 1. The number of carboxylic acid groups (broad SMARTS) is 3. The van der Waals surface area contributed by atoms with E-state index >= 15 is 0 Å². The van der Waals surface area contributed by atoms with E-state index in [-0.39, 0.29) is 58.9 Å². The van der Waals surface area contributed by atoms with Gasteiger partial charge in [0.1, 0.15) is 0 Å². The molecule has 0 saturated heterocycles. The molecule has 0 amide bonds. The van der Waals surface area contributed by atoms with Crippen LogP contribution in [0.2, 0.25) is 0 Å². The molecule has 0 aliphatic carbocycles. The molecule has 0 heterocycles. The molecular formula is C9H30O6. The van der Waals surface area contributed by atoms with Crippen LogP contribution in [-0.2, 0) is 14.4 Å². The van der Waals surface area contributed by atoms with Gasteiger partial charge in [-0.1, -0.05) is 44.6 Å². The van der Waals surface area contributed by atoms with Gasteiger partial charge in [0.25, 0.3) is 12.9 Å². The van der Waals surface area contributed by atoms with Crippen molar-refractivity contribution in [2.45, 2.75) is 44.6 Å². The largest absolute Gasteiger partial charge is 1.00 e. The zero-order chi connectivity index (χ0) is 8.12. The van der Waals surface area contributed by atoms with Crippen molar-refractivity contribution in [1.29, 1.82) is 0 Å². The molecule has 102 valence electrons. The third kappa shape index (κ3) is 532. The van der Waals surface area contributed by atoms with Crippen LogP contribution in [0.15, 0.2) is 0 Å². The average molecular weight is 234 g/mol. The molecule has 0 unspecified atom stereocenters. The quantitative estimate of drug-likeness (QED) is 0.616. The van der Waals surface area contributed by atoms with Gasteiger partial charge in [-0.05, 0) is 0 Å². The van der Waals surface area contributed by atoms with Gasteiger partial charge in [-0.2, -0.15) is 0 Å². The number of rotatable bonds is 0. The van der Waals surface area contributed by atoms with E-state index in [0.717, 1.165) is 0 Å². The molecule has 0 aliphatic rings. The second-order valence-corrected chi connectivity index (χ2v) is 0.307. The van der Waals surface area contributed by atoms with Crippen LogP contribution in [0.1, 0.15) is 46.0 Å². The molecule has 0 radical (unpaired) electrons. The minimum absolute atomic E-state index is 0. The molecule has 0 saturated carbocycles. The summed E-state index contributed by atoms with van der Waals surface area (Å²) in [6, 6.07) is 0. The van der Waals surface area contributed by atoms with Crippen LogP contribution in [0.5, 0.6) is 0 Å². The Morgan fingerprint density at radius 3 is 0.733 bits per heavy atom. The second kappa shape index (κ2) is 813. The smallest absolute Gasteiger partial charge is 0.554 e. The molecule has 0 aromatic carbocycles. The van der Waals surface area contributed by atoms with Gasteiger partial charge < -0.3 is 20.1 Å². The van der Waals surface area contributed by atoms with E-state index in [9.17, 15) is 0 Å². The van der Waals surface area contributed by atoms with Gasteiger partial charge in [0.15, 0.2) is 0 Å². The van der Waals surface area contributed by atoms with Gasteiger partial charge in [0.2, 0.25) is 0 Å². The zero-order valence-electron chi connectivity index (χ0n) is 5.26. The van der Waals surface area contributed by atoms with E-state index in [4.69, 9.17) is 29.7 Å². The molecule has 0 aliphatic heterocycles. The van der Waals surface area contributed by atoms with Crippen LogP contribution in [0.3, 0.4) is 0 Å². The Morgan fingerprint density at radius 2 is 0.733 bits per heavy atom. The van der Waals surface area contributed by atoms with Gasteiger partial charge in [-0.3, -0.25) is 9.59 Å². The van der Waals surface area contributed by atoms with Gasteiger partial charge >= 0.3 is 1.43 Å². The second-order valence-electron chi connectivity index (χ2n) is 0.307. The van der Waals surface area contributed by atoms with E-state index in [1.54, 1.807) is 0 Å². The maximum absolute atomic E-state index is 8.36. The lowest BCUT2D eigenvalue weighted by Gasteiger charge is -1.52. The van der Waals surface area contributed by atoms with E-state index < -0.39 is 6.47 Å². The monoisotopic (exact) mass is 234 g/mol. The Kier molecular flexibility index (Phi) is 5750. The molecule has 0 fully saturated rings. The Bertz CT molecular complexity index is 56.8. The molecule has 0 bridgehead atoms. The summed E-state index contributed by atoms with van der Waals surface area (Å²) in [6.45, 7) is -1.00. The summed E-state index contributed by atoms with van der Waals surface area (Å²) in [6.07, 6.45) is 0. The van der Waals surface area contributed by atoms with Crippen LogP contribution < -0.4 is 5.11 Å². The minimum Gasteiger partial charge on any atom is -0.554 e. The minimum atomic E-state index is -0.500. The molecule has 15 heavy (non-hydrogen) atoms. The van der Waals surface area contributed by atoms with E-state index in [0.29, 0.717) is 0 Å². The first-order valence-electron chi connectivity index (χ1n) is 1.46.